The van der Waals surface area contributed by atoms with E-state index in [0.29, 0.717) is 13.1 Å². The molecule has 2 heterocycles. The zero-order valence-electron chi connectivity index (χ0n) is 13.8. The summed E-state index contributed by atoms with van der Waals surface area (Å²) in [5, 5.41) is 0. The Morgan fingerprint density at radius 1 is 1.09 bits per heavy atom. The third kappa shape index (κ3) is 4.87. The van der Waals surface area contributed by atoms with Crippen LogP contribution in [-0.2, 0) is 4.79 Å². The van der Waals surface area contributed by atoms with Crippen molar-refractivity contribution in [2.24, 2.45) is 11.7 Å². The van der Waals surface area contributed by atoms with Crippen molar-refractivity contribution in [3.8, 4) is 0 Å². The molecule has 6 nitrogen and oxygen atoms in total. The Morgan fingerprint density at radius 3 is 2.41 bits per heavy atom. The maximum absolute atomic E-state index is 12.5. The van der Waals surface area contributed by atoms with E-state index in [4.69, 9.17) is 5.73 Å². The quantitative estimate of drug-likeness (QED) is 0.845. The maximum atomic E-state index is 12.5. The maximum Gasteiger partial charge on any atom is 0.314 e. The normalized spacial score (nSPS) is 23.9. The molecule has 0 bridgehead atoms. The molecule has 0 aromatic carbocycles. The number of rotatable bonds is 4. The first-order valence-corrected chi connectivity index (χ1v) is 8.59. The Balaban J connectivity index is 1.77. The lowest BCUT2D eigenvalue weighted by atomic mass is 9.97. The minimum Gasteiger partial charge on any atom is -0.351 e. The molecule has 22 heavy (non-hydrogen) atoms. The molecule has 0 aromatic rings. The second-order valence-corrected chi connectivity index (χ2v) is 6.64. The average molecular weight is 310 g/mol. The summed E-state index contributed by atoms with van der Waals surface area (Å²) in [6.07, 6.45) is 6.92. The van der Waals surface area contributed by atoms with E-state index in [0.717, 1.165) is 39.0 Å². The molecule has 2 N–H and O–H groups in total. The van der Waals surface area contributed by atoms with Crippen molar-refractivity contribution in [1.29, 1.82) is 0 Å². The molecule has 2 saturated heterocycles. The molecule has 3 amide bonds. The summed E-state index contributed by atoms with van der Waals surface area (Å²) < 4.78 is 0. The first-order chi connectivity index (χ1) is 10.6. The number of piperidine rings is 1. The summed E-state index contributed by atoms with van der Waals surface area (Å²) >= 11 is 0. The number of primary amides is 1. The molecule has 0 aromatic heterocycles. The van der Waals surface area contributed by atoms with Gasteiger partial charge in [-0.2, -0.15) is 0 Å². The van der Waals surface area contributed by atoms with Gasteiger partial charge < -0.3 is 20.4 Å². The van der Waals surface area contributed by atoms with E-state index in [2.05, 4.69) is 4.90 Å². The number of nitrogens with zero attached hydrogens (tertiary/aromatic N) is 3. The van der Waals surface area contributed by atoms with Gasteiger partial charge in [-0.1, -0.05) is 12.8 Å². The molecule has 2 aliphatic heterocycles. The van der Waals surface area contributed by atoms with Gasteiger partial charge in [0.15, 0.2) is 0 Å². The van der Waals surface area contributed by atoms with Gasteiger partial charge in [-0.05, 0) is 38.8 Å². The summed E-state index contributed by atoms with van der Waals surface area (Å²) in [5.41, 5.74) is 5.33. The highest BCUT2D eigenvalue weighted by Crippen LogP contribution is 2.18. The predicted octanol–water partition coefficient (Wildman–Crippen LogP) is 1.11. The molecule has 1 unspecified atom stereocenters. The molecule has 0 radical (unpaired) electrons. The number of hydrogen-bond acceptors (Lipinski definition) is 3. The summed E-state index contributed by atoms with van der Waals surface area (Å²) in [6, 6.07) is -0.412. The fraction of sp³-hybridized carbons (Fsp3) is 0.875. The summed E-state index contributed by atoms with van der Waals surface area (Å²) in [7, 11) is 1.88. The molecular formula is C16H30N4O2. The van der Waals surface area contributed by atoms with Gasteiger partial charge in [0.05, 0.1) is 5.92 Å². The number of urea groups is 1. The third-order valence-electron chi connectivity index (χ3n) is 4.91. The molecule has 126 valence electrons. The van der Waals surface area contributed by atoms with E-state index >= 15 is 0 Å². The van der Waals surface area contributed by atoms with Crippen LogP contribution >= 0.6 is 0 Å². The number of nitrogens with two attached hydrogens (primary N) is 1. The Labute approximate surface area is 133 Å². The fourth-order valence-electron chi connectivity index (χ4n) is 3.45. The van der Waals surface area contributed by atoms with Gasteiger partial charge in [0.25, 0.3) is 0 Å². The molecular weight excluding hydrogens is 280 g/mol. The number of likely N-dealkylation sites (N-methyl/N-ethyl adjacent to an activating group) is 1. The van der Waals surface area contributed by atoms with Gasteiger partial charge in [-0.25, -0.2) is 4.79 Å². The van der Waals surface area contributed by atoms with Crippen LogP contribution in [0.15, 0.2) is 0 Å². The number of likely N-dealkylation sites (tertiary alicyclic amines) is 2. The second-order valence-electron chi connectivity index (χ2n) is 6.64. The van der Waals surface area contributed by atoms with E-state index < -0.39 is 6.03 Å². The van der Waals surface area contributed by atoms with Crippen LogP contribution < -0.4 is 5.73 Å². The van der Waals surface area contributed by atoms with Gasteiger partial charge in [0, 0.05) is 33.2 Å². The molecule has 1 atom stereocenters. The van der Waals surface area contributed by atoms with E-state index in [1.807, 2.05) is 11.9 Å². The van der Waals surface area contributed by atoms with E-state index in [1.165, 1.54) is 25.7 Å². The first kappa shape index (κ1) is 17.1. The number of amides is 3. The van der Waals surface area contributed by atoms with E-state index in [-0.39, 0.29) is 11.8 Å². The Kier molecular flexibility index (Phi) is 6.49. The average Bonchev–Trinajstić information content (AvgIpc) is 2.80. The fourth-order valence-corrected chi connectivity index (χ4v) is 3.45. The number of hydrogen-bond donors (Lipinski definition) is 1. The van der Waals surface area contributed by atoms with Crippen molar-refractivity contribution in [2.75, 3.05) is 46.3 Å². The van der Waals surface area contributed by atoms with Crippen molar-refractivity contribution < 1.29 is 9.59 Å². The zero-order chi connectivity index (χ0) is 15.9. The number of carbonyl (C=O) groups is 2. The van der Waals surface area contributed by atoms with Gasteiger partial charge in [0.2, 0.25) is 5.91 Å². The molecule has 0 aliphatic carbocycles. The standard InChI is InChI=1S/C16H30N4O2/c1-18(11-12-19-8-4-2-3-5-9-19)15(21)14-7-6-10-20(13-14)16(17)22/h14H,2-13H2,1H3,(H2,17,22). The smallest absolute Gasteiger partial charge is 0.314 e. The monoisotopic (exact) mass is 310 g/mol. The topological polar surface area (TPSA) is 69.9 Å². The summed E-state index contributed by atoms with van der Waals surface area (Å²) in [4.78, 5) is 29.7. The largest absolute Gasteiger partial charge is 0.351 e. The Bertz CT molecular complexity index is 380. The molecule has 6 heteroatoms. The van der Waals surface area contributed by atoms with Crippen LogP contribution in [0.4, 0.5) is 4.79 Å². The zero-order valence-corrected chi connectivity index (χ0v) is 13.8. The molecule has 2 aliphatic rings. The molecule has 0 spiro atoms. The van der Waals surface area contributed by atoms with Crippen LogP contribution in [-0.4, -0.2) is 73.0 Å². The van der Waals surface area contributed by atoms with Crippen LogP contribution in [0.5, 0.6) is 0 Å². The van der Waals surface area contributed by atoms with Crippen molar-refractivity contribution >= 4 is 11.9 Å². The summed E-state index contributed by atoms with van der Waals surface area (Å²) in [6.45, 7) is 5.18. The molecule has 2 fully saturated rings. The van der Waals surface area contributed by atoms with Gasteiger partial charge in [-0.15, -0.1) is 0 Å². The van der Waals surface area contributed by atoms with Crippen LogP contribution in [0.3, 0.4) is 0 Å². The minimum absolute atomic E-state index is 0.0876. The van der Waals surface area contributed by atoms with E-state index in [9.17, 15) is 9.59 Å². The first-order valence-electron chi connectivity index (χ1n) is 8.59. The van der Waals surface area contributed by atoms with Crippen LogP contribution in [0.2, 0.25) is 0 Å². The highest BCUT2D eigenvalue weighted by Gasteiger charge is 2.29. The van der Waals surface area contributed by atoms with Gasteiger partial charge in [0.1, 0.15) is 0 Å². The summed E-state index contributed by atoms with van der Waals surface area (Å²) in [5.74, 6) is 0.0659. The highest BCUT2D eigenvalue weighted by atomic mass is 16.2. The van der Waals surface area contributed by atoms with Crippen molar-refractivity contribution in [2.45, 2.75) is 38.5 Å². The van der Waals surface area contributed by atoms with Gasteiger partial charge in [-0.3, -0.25) is 4.79 Å². The van der Waals surface area contributed by atoms with Gasteiger partial charge >= 0.3 is 6.03 Å². The lowest BCUT2D eigenvalue weighted by molar-refractivity contribution is -0.135. The highest BCUT2D eigenvalue weighted by molar-refractivity contribution is 5.80. The second kappa shape index (κ2) is 8.36. The Morgan fingerprint density at radius 2 is 1.77 bits per heavy atom. The van der Waals surface area contributed by atoms with Crippen LogP contribution in [0, 0.1) is 5.92 Å². The van der Waals surface area contributed by atoms with Crippen molar-refractivity contribution in [1.82, 2.24) is 14.7 Å². The van der Waals surface area contributed by atoms with Crippen LogP contribution in [0.25, 0.3) is 0 Å². The van der Waals surface area contributed by atoms with Crippen molar-refractivity contribution in [3.05, 3.63) is 0 Å². The SMILES string of the molecule is CN(CCN1CCCCCC1)C(=O)C1CCCN(C(N)=O)C1. The third-order valence-corrected chi connectivity index (χ3v) is 4.91. The lowest BCUT2D eigenvalue weighted by Crippen LogP contribution is -2.48. The van der Waals surface area contributed by atoms with Crippen LogP contribution in [0.1, 0.15) is 38.5 Å². The Hall–Kier alpha value is -1.30. The predicted molar refractivity (Wildman–Crippen MR) is 86.4 cm³/mol. The molecule has 0 saturated carbocycles. The molecule has 2 rings (SSSR count). The van der Waals surface area contributed by atoms with Crippen molar-refractivity contribution in [3.63, 3.8) is 0 Å². The minimum atomic E-state index is -0.412. The lowest BCUT2D eigenvalue weighted by Gasteiger charge is -2.33. The number of carbonyl (C=O) groups excluding carboxylic acids is 2. The van der Waals surface area contributed by atoms with E-state index in [1.54, 1.807) is 4.90 Å².